The molecule has 0 radical (unpaired) electrons. The maximum atomic E-state index is 14.1. The number of hydrogen-bond donors (Lipinski definition) is 3. The number of H-pyrrole nitrogens is 1. The van der Waals surface area contributed by atoms with Crippen LogP contribution in [0.2, 0.25) is 0 Å². The van der Waals surface area contributed by atoms with Crippen LogP contribution in [0.15, 0.2) is 64.3 Å². The first-order valence-electron chi connectivity index (χ1n) is 13.4. The normalized spacial score (nSPS) is 24.0. The number of carbonyl (C=O) groups is 1. The second-order valence-corrected chi connectivity index (χ2v) is 11.8. The van der Waals surface area contributed by atoms with Crippen LogP contribution in [-0.4, -0.2) is 52.1 Å². The smallest absolute Gasteiger partial charge is 0.459 e. The highest BCUT2D eigenvalue weighted by Crippen LogP contribution is 2.49. The molecule has 1 fully saturated rings. The van der Waals surface area contributed by atoms with E-state index in [0.717, 1.165) is 28.6 Å². The standard InChI is InChI=1S/C28H33N4O9P/c1-4-5-15-38-25(35)18(2)31-42(37,41-21-12-8-10-19-9-6-7-11-20(19)21)39-16-22-24(34)28(3,17-29)26(40-22)32-14-13-23(33)30-27(32)36/h6-14,18,22,24,26,34H,4-5,15-16H2,1-3H3,(H,31,37)(H,30,33,36)/t18-,22+,24+,26+,28+,42?/m0/s1. The minimum absolute atomic E-state index is 0.192. The van der Waals surface area contributed by atoms with Gasteiger partial charge in [-0.05, 0) is 31.7 Å². The number of rotatable bonds is 12. The summed E-state index contributed by atoms with van der Waals surface area (Å²) < 4.78 is 37.9. The highest BCUT2D eigenvalue weighted by Gasteiger charge is 2.55. The number of carbonyl (C=O) groups excluding carboxylic acids is 1. The number of aliphatic hydroxyl groups is 1. The molecule has 2 heterocycles. The Bertz CT molecular complexity index is 1630. The van der Waals surface area contributed by atoms with Crippen molar-refractivity contribution in [1.82, 2.24) is 14.6 Å². The van der Waals surface area contributed by atoms with Gasteiger partial charge in [0.25, 0.3) is 5.56 Å². The lowest BCUT2D eigenvalue weighted by molar-refractivity contribution is -0.145. The molecule has 3 N–H and O–H groups in total. The minimum atomic E-state index is -4.37. The average Bonchev–Trinajstić information content (AvgIpc) is 3.22. The van der Waals surface area contributed by atoms with E-state index >= 15 is 0 Å². The fourth-order valence-electron chi connectivity index (χ4n) is 4.53. The number of benzene rings is 2. The van der Waals surface area contributed by atoms with Crippen LogP contribution in [0.25, 0.3) is 10.8 Å². The molecule has 0 aliphatic carbocycles. The zero-order valence-electron chi connectivity index (χ0n) is 23.4. The molecular weight excluding hydrogens is 567 g/mol. The summed E-state index contributed by atoms with van der Waals surface area (Å²) in [6, 6.07) is 14.3. The SMILES string of the molecule is CCCCOC(=O)[C@H](C)NP(=O)(OC[C@H]1O[C@@H](n2ccc(=O)[nH]c2=O)[C@](C)(C#N)[C@@H]1O)Oc1cccc2ccccc12. The number of nitrogens with one attached hydrogen (secondary N) is 2. The number of aliphatic hydroxyl groups excluding tert-OH is 1. The van der Waals surface area contributed by atoms with Crippen LogP contribution in [0.5, 0.6) is 5.75 Å². The van der Waals surface area contributed by atoms with Crippen LogP contribution in [-0.2, 0) is 23.4 Å². The van der Waals surface area contributed by atoms with Crippen molar-refractivity contribution in [2.24, 2.45) is 5.41 Å². The molecular formula is C28H33N4O9P. The van der Waals surface area contributed by atoms with E-state index in [4.69, 9.17) is 18.5 Å². The van der Waals surface area contributed by atoms with Crippen LogP contribution in [0.1, 0.15) is 39.8 Å². The summed E-state index contributed by atoms with van der Waals surface area (Å²) in [6.45, 7) is 4.42. The van der Waals surface area contributed by atoms with Crippen LogP contribution in [0, 0.1) is 16.7 Å². The van der Waals surface area contributed by atoms with Crippen LogP contribution < -0.4 is 20.9 Å². The first kappa shape index (κ1) is 31.2. The fourth-order valence-corrected chi connectivity index (χ4v) is 6.05. The van der Waals surface area contributed by atoms with Gasteiger partial charge in [0.15, 0.2) is 6.23 Å². The first-order chi connectivity index (χ1) is 20.0. The predicted octanol–water partition coefficient (Wildman–Crippen LogP) is 3.00. The van der Waals surface area contributed by atoms with E-state index in [9.17, 15) is 29.3 Å². The Morgan fingerprint density at radius 2 is 2.00 bits per heavy atom. The number of nitriles is 1. The van der Waals surface area contributed by atoms with Gasteiger partial charge in [0.05, 0.1) is 19.3 Å². The quantitative estimate of drug-likeness (QED) is 0.158. The van der Waals surface area contributed by atoms with Gasteiger partial charge in [-0.1, -0.05) is 49.7 Å². The number of hydrogen-bond acceptors (Lipinski definition) is 10. The van der Waals surface area contributed by atoms with Crippen LogP contribution in [0.4, 0.5) is 0 Å². The summed E-state index contributed by atoms with van der Waals surface area (Å²) in [6.07, 6.45) is -1.44. The molecule has 42 heavy (non-hydrogen) atoms. The van der Waals surface area contributed by atoms with Crippen molar-refractivity contribution in [2.45, 2.75) is 58.1 Å². The molecule has 13 nitrogen and oxygen atoms in total. The molecule has 0 amide bonds. The monoisotopic (exact) mass is 600 g/mol. The van der Waals surface area contributed by atoms with Crippen molar-refractivity contribution in [3.63, 3.8) is 0 Å². The Labute approximate surface area is 241 Å². The number of aromatic amines is 1. The molecule has 6 atom stereocenters. The van der Waals surface area contributed by atoms with Gasteiger partial charge in [0, 0.05) is 17.6 Å². The summed E-state index contributed by atoms with van der Waals surface area (Å²) in [7, 11) is -4.37. The van der Waals surface area contributed by atoms with Crippen molar-refractivity contribution in [3.05, 3.63) is 75.6 Å². The van der Waals surface area contributed by atoms with E-state index in [2.05, 4.69) is 10.1 Å². The summed E-state index contributed by atoms with van der Waals surface area (Å²) >= 11 is 0. The van der Waals surface area contributed by atoms with E-state index < -0.39 is 61.5 Å². The Kier molecular flexibility index (Phi) is 9.66. The average molecular weight is 601 g/mol. The van der Waals surface area contributed by atoms with Crippen molar-refractivity contribution in [1.29, 1.82) is 5.26 Å². The van der Waals surface area contributed by atoms with Crippen molar-refractivity contribution in [2.75, 3.05) is 13.2 Å². The van der Waals surface area contributed by atoms with Gasteiger partial charge in [-0.15, -0.1) is 0 Å². The molecule has 1 aromatic heterocycles. The number of nitrogens with zero attached hydrogens (tertiary/aromatic N) is 2. The zero-order valence-corrected chi connectivity index (χ0v) is 24.3. The molecule has 224 valence electrons. The maximum Gasteiger partial charge on any atom is 0.459 e. The second-order valence-electron chi connectivity index (χ2n) is 10.1. The molecule has 3 aromatic rings. The lowest BCUT2D eigenvalue weighted by atomic mass is 9.84. The van der Waals surface area contributed by atoms with Crippen molar-refractivity contribution < 1.29 is 33.0 Å². The molecule has 1 aliphatic rings. The molecule has 0 bridgehead atoms. The Morgan fingerprint density at radius 3 is 2.71 bits per heavy atom. The van der Waals surface area contributed by atoms with Crippen molar-refractivity contribution >= 4 is 24.5 Å². The zero-order chi connectivity index (χ0) is 30.5. The molecule has 0 saturated carbocycles. The molecule has 2 aromatic carbocycles. The van der Waals surface area contributed by atoms with E-state index in [1.165, 1.54) is 13.8 Å². The van der Waals surface area contributed by atoms with Gasteiger partial charge < -0.3 is 19.1 Å². The molecule has 1 unspecified atom stereocenters. The highest BCUT2D eigenvalue weighted by atomic mass is 31.2. The predicted molar refractivity (Wildman–Crippen MR) is 152 cm³/mol. The van der Waals surface area contributed by atoms with Gasteiger partial charge in [-0.3, -0.25) is 23.7 Å². The Hall–Kier alpha value is -3.79. The minimum Gasteiger partial charge on any atom is -0.465 e. The van der Waals surface area contributed by atoms with E-state index in [1.807, 2.05) is 31.2 Å². The number of esters is 1. The molecule has 0 spiro atoms. The molecule has 14 heteroatoms. The second kappa shape index (κ2) is 13.0. The van der Waals surface area contributed by atoms with Crippen LogP contribution >= 0.6 is 7.75 Å². The number of unbranched alkanes of at least 4 members (excludes halogenated alkanes) is 1. The Balaban J connectivity index is 1.60. The van der Waals surface area contributed by atoms with E-state index in [1.54, 1.807) is 24.3 Å². The number of aromatic nitrogens is 2. The first-order valence-corrected chi connectivity index (χ1v) is 15.0. The number of fused-ring (bicyclic) bond motifs is 1. The lowest BCUT2D eigenvalue weighted by Crippen LogP contribution is -2.41. The van der Waals surface area contributed by atoms with Gasteiger partial charge in [-0.25, -0.2) is 9.36 Å². The van der Waals surface area contributed by atoms with Crippen molar-refractivity contribution in [3.8, 4) is 11.8 Å². The molecule has 4 rings (SSSR count). The highest BCUT2D eigenvalue weighted by molar-refractivity contribution is 7.52. The number of ether oxygens (including phenoxy) is 2. The lowest BCUT2D eigenvalue weighted by Gasteiger charge is -2.26. The summed E-state index contributed by atoms with van der Waals surface area (Å²) in [5.74, 6) is -0.455. The van der Waals surface area contributed by atoms with Gasteiger partial charge in [0.2, 0.25) is 0 Å². The van der Waals surface area contributed by atoms with Gasteiger partial charge in [-0.2, -0.15) is 10.3 Å². The summed E-state index contributed by atoms with van der Waals surface area (Å²) in [4.78, 5) is 38.6. The largest absolute Gasteiger partial charge is 0.465 e. The maximum absolute atomic E-state index is 14.1. The topological polar surface area (TPSA) is 182 Å². The third kappa shape index (κ3) is 6.64. The van der Waals surface area contributed by atoms with Gasteiger partial charge >= 0.3 is 19.4 Å². The van der Waals surface area contributed by atoms with Gasteiger partial charge in [0.1, 0.15) is 29.4 Å². The summed E-state index contributed by atoms with van der Waals surface area (Å²) in [5, 5.41) is 25.0. The van der Waals surface area contributed by atoms with Crippen LogP contribution in [0.3, 0.4) is 0 Å². The fraction of sp³-hybridized carbons (Fsp3) is 0.429. The molecule has 1 aliphatic heterocycles. The Morgan fingerprint density at radius 1 is 1.26 bits per heavy atom. The summed E-state index contributed by atoms with van der Waals surface area (Å²) in [5.41, 5.74) is -3.14. The third-order valence-corrected chi connectivity index (χ3v) is 8.58. The molecule has 1 saturated heterocycles. The van der Waals surface area contributed by atoms with E-state index in [-0.39, 0.29) is 12.4 Å². The van der Waals surface area contributed by atoms with E-state index in [0.29, 0.717) is 11.8 Å². The third-order valence-electron chi connectivity index (χ3n) is 6.95.